The fourth-order valence-corrected chi connectivity index (χ4v) is 2.62. The van der Waals surface area contributed by atoms with E-state index in [9.17, 15) is 4.79 Å². The van der Waals surface area contributed by atoms with Gasteiger partial charge in [0.05, 0.1) is 17.9 Å². The quantitative estimate of drug-likeness (QED) is 0.867. The van der Waals surface area contributed by atoms with Crippen LogP contribution >= 0.6 is 11.7 Å². The van der Waals surface area contributed by atoms with Gasteiger partial charge >= 0.3 is 0 Å². The molecule has 2 heterocycles. The summed E-state index contributed by atoms with van der Waals surface area (Å²) in [5.74, 6) is 0.841. The van der Waals surface area contributed by atoms with Gasteiger partial charge in [-0.3, -0.25) is 4.79 Å². The van der Waals surface area contributed by atoms with Crippen LogP contribution < -0.4 is 4.74 Å². The Hall–Kier alpha value is -1.95. The van der Waals surface area contributed by atoms with Crippen LogP contribution in [0.25, 0.3) is 0 Å². The Morgan fingerprint density at radius 1 is 1.25 bits per heavy atom. The highest BCUT2D eigenvalue weighted by Crippen LogP contribution is 2.17. The van der Waals surface area contributed by atoms with Gasteiger partial charge in [-0.05, 0) is 37.1 Å². The maximum Gasteiger partial charge on any atom is 0.253 e. The molecule has 1 aromatic carbocycles. The first-order valence-electron chi connectivity index (χ1n) is 6.61. The van der Waals surface area contributed by atoms with Crippen molar-refractivity contribution in [3.63, 3.8) is 0 Å². The molecule has 0 unspecified atom stereocenters. The topological polar surface area (TPSA) is 55.3 Å². The highest BCUT2D eigenvalue weighted by Gasteiger charge is 2.19. The van der Waals surface area contributed by atoms with Crippen molar-refractivity contribution >= 4 is 17.6 Å². The third kappa shape index (κ3) is 2.96. The maximum absolute atomic E-state index is 12.2. The highest BCUT2D eigenvalue weighted by atomic mass is 32.1. The van der Waals surface area contributed by atoms with Gasteiger partial charge in [-0.25, -0.2) is 0 Å². The molecule has 1 amide bonds. The number of rotatable bonds is 4. The van der Waals surface area contributed by atoms with Gasteiger partial charge in [-0.15, -0.1) is 0 Å². The summed E-state index contributed by atoms with van der Waals surface area (Å²) in [5.41, 5.74) is 1.53. The van der Waals surface area contributed by atoms with Gasteiger partial charge in [0, 0.05) is 18.7 Å². The molecular weight excluding hydrogens is 274 g/mol. The van der Waals surface area contributed by atoms with Gasteiger partial charge < -0.3 is 9.64 Å². The van der Waals surface area contributed by atoms with E-state index in [1.807, 2.05) is 29.2 Å². The van der Waals surface area contributed by atoms with Crippen LogP contribution in [0, 0.1) is 0 Å². The van der Waals surface area contributed by atoms with Gasteiger partial charge in [0.25, 0.3) is 5.91 Å². The number of nitrogens with zero attached hydrogens (tertiary/aromatic N) is 3. The smallest absolute Gasteiger partial charge is 0.253 e. The normalized spacial score (nSPS) is 14.5. The average molecular weight is 289 g/mol. The Bertz CT molecular complexity index is 563. The molecule has 0 atom stereocenters. The second kappa shape index (κ2) is 6.00. The lowest BCUT2D eigenvalue weighted by molar-refractivity contribution is 0.0793. The van der Waals surface area contributed by atoms with Crippen LogP contribution in [0.15, 0.2) is 30.5 Å². The zero-order chi connectivity index (χ0) is 13.8. The van der Waals surface area contributed by atoms with E-state index < -0.39 is 0 Å². The zero-order valence-electron chi connectivity index (χ0n) is 11.0. The molecular formula is C14H15N3O2S. The highest BCUT2D eigenvalue weighted by molar-refractivity contribution is 6.99. The number of aromatic nitrogens is 2. The van der Waals surface area contributed by atoms with Gasteiger partial charge in [0.2, 0.25) is 0 Å². The molecule has 1 saturated heterocycles. The summed E-state index contributed by atoms with van der Waals surface area (Å²) in [6.07, 6.45) is 3.90. The van der Waals surface area contributed by atoms with E-state index in [1.165, 1.54) is 11.7 Å². The first-order valence-corrected chi connectivity index (χ1v) is 7.34. The molecule has 5 nitrogen and oxygen atoms in total. The van der Waals surface area contributed by atoms with Crippen molar-refractivity contribution in [1.82, 2.24) is 13.6 Å². The Morgan fingerprint density at radius 3 is 2.65 bits per heavy atom. The summed E-state index contributed by atoms with van der Waals surface area (Å²) >= 11 is 1.17. The summed E-state index contributed by atoms with van der Waals surface area (Å²) in [7, 11) is 0. The van der Waals surface area contributed by atoms with Gasteiger partial charge in [0.15, 0.2) is 0 Å². The van der Waals surface area contributed by atoms with Crippen molar-refractivity contribution in [3.8, 4) is 5.75 Å². The van der Waals surface area contributed by atoms with E-state index in [0.29, 0.717) is 6.61 Å². The van der Waals surface area contributed by atoms with E-state index in [0.717, 1.165) is 42.9 Å². The molecule has 1 aromatic heterocycles. The van der Waals surface area contributed by atoms with Crippen molar-refractivity contribution in [1.29, 1.82) is 0 Å². The Balaban J connectivity index is 1.60. The third-order valence-electron chi connectivity index (χ3n) is 3.29. The minimum absolute atomic E-state index is 0.109. The van der Waals surface area contributed by atoms with Crippen LogP contribution in [0.1, 0.15) is 28.9 Å². The van der Waals surface area contributed by atoms with Gasteiger partial charge in [-0.1, -0.05) is 0 Å². The summed E-state index contributed by atoms with van der Waals surface area (Å²) < 4.78 is 13.6. The Labute approximate surface area is 121 Å². The minimum atomic E-state index is 0.109. The summed E-state index contributed by atoms with van der Waals surface area (Å²) in [4.78, 5) is 14.1. The van der Waals surface area contributed by atoms with Crippen LogP contribution in [0.5, 0.6) is 5.75 Å². The predicted octanol–water partition coefficient (Wildman–Crippen LogP) is 2.35. The predicted molar refractivity (Wildman–Crippen MR) is 75.8 cm³/mol. The molecule has 1 aliphatic heterocycles. The maximum atomic E-state index is 12.2. The third-order valence-corrected chi connectivity index (χ3v) is 3.80. The summed E-state index contributed by atoms with van der Waals surface area (Å²) in [5, 5.41) is 0. The number of hydrogen-bond donors (Lipinski definition) is 0. The second-order valence-electron chi connectivity index (χ2n) is 4.71. The lowest BCUT2D eigenvalue weighted by Crippen LogP contribution is -2.27. The first-order chi connectivity index (χ1) is 9.83. The fourth-order valence-electron chi connectivity index (χ4n) is 2.20. The van der Waals surface area contributed by atoms with Crippen molar-refractivity contribution in [2.75, 3.05) is 13.1 Å². The monoisotopic (exact) mass is 289 g/mol. The number of benzene rings is 1. The number of hydrogen-bond acceptors (Lipinski definition) is 5. The molecule has 0 N–H and O–H groups in total. The molecule has 1 fully saturated rings. The number of carbonyl (C=O) groups is 1. The van der Waals surface area contributed by atoms with Gasteiger partial charge in [0.1, 0.15) is 18.1 Å². The number of carbonyl (C=O) groups excluding carboxylic acids is 1. The Kier molecular flexibility index (Phi) is 3.92. The molecule has 0 aliphatic carbocycles. The van der Waals surface area contributed by atoms with E-state index >= 15 is 0 Å². The number of amides is 1. The molecule has 0 bridgehead atoms. The van der Waals surface area contributed by atoms with Crippen LogP contribution in [0.3, 0.4) is 0 Å². The SMILES string of the molecule is O=C(c1ccc(OCc2cnsn2)cc1)N1CCCC1. The molecule has 1 aliphatic rings. The van der Waals surface area contributed by atoms with Crippen LogP contribution in [0.2, 0.25) is 0 Å². The molecule has 3 rings (SSSR count). The fraction of sp³-hybridized carbons (Fsp3) is 0.357. The zero-order valence-corrected chi connectivity index (χ0v) is 11.8. The van der Waals surface area contributed by atoms with E-state index in [1.54, 1.807) is 6.20 Å². The average Bonchev–Trinajstić information content (AvgIpc) is 3.18. The molecule has 0 saturated carbocycles. The van der Waals surface area contributed by atoms with Crippen molar-refractivity contribution in [2.45, 2.75) is 19.4 Å². The molecule has 0 spiro atoms. The number of ether oxygens (including phenoxy) is 1. The molecule has 0 radical (unpaired) electrons. The van der Waals surface area contributed by atoms with E-state index in [2.05, 4.69) is 8.75 Å². The van der Waals surface area contributed by atoms with Crippen LogP contribution in [0.4, 0.5) is 0 Å². The second-order valence-corrected chi connectivity index (χ2v) is 5.27. The van der Waals surface area contributed by atoms with Crippen molar-refractivity contribution in [2.24, 2.45) is 0 Å². The minimum Gasteiger partial charge on any atom is -0.487 e. The van der Waals surface area contributed by atoms with Crippen LogP contribution in [-0.2, 0) is 6.61 Å². The molecule has 104 valence electrons. The van der Waals surface area contributed by atoms with Crippen LogP contribution in [-0.4, -0.2) is 32.6 Å². The summed E-state index contributed by atoms with van der Waals surface area (Å²) in [6.45, 7) is 2.14. The van der Waals surface area contributed by atoms with Crippen molar-refractivity contribution < 1.29 is 9.53 Å². The standard InChI is InChI=1S/C14H15N3O2S/c18-14(17-7-1-2-8-17)11-3-5-13(6-4-11)19-10-12-9-15-20-16-12/h3-6,9H,1-2,7-8,10H2. The summed E-state index contributed by atoms with van der Waals surface area (Å²) in [6, 6.07) is 7.27. The Morgan fingerprint density at radius 2 is 2.00 bits per heavy atom. The van der Waals surface area contributed by atoms with Gasteiger partial charge in [-0.2, -0.15) is 8.75 Å². The molecule has 20 heavy (non-hydrogen) atoms. The first kappa shape index (κ1) is 13.1. The number of likely N-dealkylation sites (tertiary alicyclic amines) is 1. The largest absolute Gasteiger partial charge is 0.487 e. The van der Waals surface area contributed by atoms with E-state index in [4.69, 9.17) is 4.74 Å². The lowest BCUT2D eigenvalue weighted by Gasteiger charge is -2.15. The van der Waals surface area contributed by atoms with Crippen molar-refractivity contribution in [3.05, 3.63) is 41.7 Å². The lowest BCUT2D eigenvalue weighted by atomic mass is 10.2. The molecule has 6 heteroatoms. The molecule has 2 aromatic rings. The van der Waals surface area contributed by atoms with E-state index in [-0.39, 0.29) is 5.91 Å².